The standard InChI is InChI=1S/C11H13BrO3/c1-14-10-3-2-8(12)11-7(10)4-5-15-6-9(11)13/h2-3,9,13H,4-6H2,1H3. The third-order valence-corrected chi connectivity index (χ3v) is 3.28. The quantitative estimate of drug-likeness (QED) is 0.851. The van der Waals surface area contributed by atoms with E-state index in [2.05, 4.69) is 15.9 Å². The number of aliphatic hydroxyl groups is 1. The van der Waals surface area contributed by atoms with Crippen molar-refractivity contribution in [3.63, 3.8) is 0 Å². The van der Waals surface area contributed by atoms with Crippen molar-refractivity contribution in [1.82, 2.24) is 0 Å². The van der Waals surface area contributed by atoms with E-state index in [9.17, 15) is 5.11 Å². The van der Waals surface area contributed by atoms with E-state index in [1.54, 1.807) is 7.11 Å². The number of halogens is 1. The molecular formula is C11H13BrO3. The summed E-state index contributed by atoms with van der Waals surface area (Å²) in [6.07, 6.45) is 0.196. The van der Waals surface area contributed by atoms with Crippen LogP contribution in [0.15, 0.2) is 16.6 Å². The maximum absolute atomic E-state index is 9.93. The van der Waals surface area contributed by atoms with Crippen LogP contribution in [0.1, 0.15) is 17.2 Å². The van der Waals surface area contributed by atoms with Crippen molar-refractivity contribution < 1.29 is 14.6 Å². The van der Waals surface area contributed by atoms with Gasteiger partial charge >= 0.3 is 0 Å². The first kappa shape index (κ1) is 10.9. The van der Waals surface area contributed by atoms with Gasteiger partial charge in [-0.25, -0.2) is 0 Å². The Morgan fingerprint density at radius 2 is 2.33 bits per heavy atom. The van der Waals surface area contributed by atoms with Gasteiger partial charge in [-0.2, -0.15) is 0 Å². The van der Waals surface area contributed by atoms with E-state index in [-0.39, 0.29) is 0 Å². The zero-order valence-electron chi connectivity index (χ0n) is 8.50. The Morgan fingerprint density at radius 1 is 1.53 bits per heavy atom. The van der Waals surface area contributed by atoms with E-state index in [1.165, 1.54) is 0 Å². The zero-order valence-corrected chi connectivity index (χ0v) is 10.1. The molecule has 15 heavy (non-hydrogen) atoms. The van der Waals surface area contributed by atoms with Crippen LogP contribution in [0.2, 0.25) is 0 Å². The summed E-state index contributed by atoms with van der Waals surface area (Å²) >= 11 is 3.45. The smallest absolute Gasteiger partial charge is 0.122 e. The molecule has 0 spiro atoms. The van der Waals surface area contributed by atoms with Crippen molar-refractivity contribution in [2.45, 2.75) is 12.5 Å². The second kappa shape index (κ2) is 4.51. The molecule has 0 aliphatic carbocycles. The molecule has 0 saturated carbocycles. The minimum Gasteiger partial charge on any atom is -0.496 e. The van der Waals surface area contributed by atoms with E-state index >= 15 is 0 Å². The lowest BCUT2D eigenvalue weighted by Crippen LogP contribution is -2.06. The van der Waals surface area contributed by atoms with Crippen molar-refractivity contribution in [2.75, 3.05) is 20.3 Å². The van der Waals surface area contributed by atoms with Crippen LogP contribution in [0, 0.1) is 0 Å². The first-order valence-electron chi connectivity index (χ1n) is 4.85. The maximum atomic E-state index is 9.93. The molecule has 0 radical (unpaired) electrons. The largest absolute Gasteiger partial charge is 0.496 e. The van der Waals surface area contributed by atoms with Crippen LogP contribution in [0.5, 0.6) is 5.75 Å². The number of aliphatic hydroxyl groups excluding tert-OH is 1. The van der Waals surface area contributed by atoms with Crippen LogP contribution in [0.3, 0.4) is 0 Å². The first-order chi connectivity index (χ1) is 7.24. The Labute approximate surface area is 97.1 Å². The van der Waals surface area contributed by atoms with E-state index in [1.807, 2.05) is 12.1 Å². The molecule has 0 aromatic heterocycles. The second-order valence-electron chi connectivity index (χ2n) is 3.48. The van der Waals surface area contributed by atoms with Crippen molar-refractivity contribution in [2.24, 2.45) is 0 Å². The number of methoxy groups -OCH3 is 1. The molecule has 1 N–H and O–H groups in total. The summed E-state index contributed by atoms with van der Waals surface area (Å²) in [4.78, 5) is 0. The molecule has 3 nitrogen and oxygen atoms in total. The summed E-state index contributed by atoms with van der Waals surface area (Å²) in [5.74, 6) is 0.817. The number of ether oxygens (including phenoxy) is 2. The monoisotopic (exact) mass is 272 g/mol. The van der Waals surface area contributed by atoms with Crippen LogP contribution < -0.4 is 4.74 Å². The van der Waals surface area contributed by atoms with E-state index < -0.39 is 6.10 Å². The molecule has 4 heteroatoms. The second-order valence-corrected chi connectivity index (χ2v) is 4.34. The van der Waals surface area contributed by atoms with Crippen LogP contribution in [0.4, 0.5) is 0 Å². The summed E-state index contributed by atoms with van der Waals surface area (Å²) in [5, 5.41) is 9.93. The van der Waals surface area contributed by atoms with E-state index in [0.717, 1.165) is 27.8 Å². The Bertz CT molecular complexity index is 365. The third kappa shape index (κ3) is 2.02. The Hall–Kier alpha value is -0.580. The Morgan fingerprint density at radius 3 is 3.07 bits per heavy atom. The molecule has 0 saturated heterocycles. The molecule has 82 valence electrons. The molecule has 1 aromatic rings. The normalized spacial score (nSPS) is 20.6. The highest BCUT2D eigenvalue weighted by molar-refractivity contribution is 9.10. The molecule has 0 amide bonds. The number of fused-ring (bicyclic) bond motifs is 1. The van der Waals surface area contributed by atoms with Crippen LogP contribution >= 0.6 is 15.9 Å². The fraction of sp³-hybridized carbons (Fsp3) is 0.455. The Balaban J connectivity index is 2.55. The van der Waals surface area contributed by atoms with Crippen molar-refractivity contribution in [3.8, 4) is 5.75 Å². The van der Waals surface area contributed by atoms with Crippen LogP contribution in [0.25, 0.3) is 0 Å². The highest BCUT2D eigenvalue weighted by Crippen LogP contribution is 2.35. The van der Waals surface area contributed by atoms with Gasteiger partial charge in [0.1, 0.15) is 11.9 Å². The predicted octanol–water partition coefficient (Wildman–Crippen LogP) is 2.06. The summed E-state index contributed by atoms with van der Waals surface area (Å²) in [6, 6.07) is 3.80. The number of hydrogen-bond donors (Lipinski definition) is 1. The summed E-state index contributed by atoms with van der Waals surface area (Å²) in [6.45, 7) is 0.968. The number of hydrogen-bond acceptors (Lipinski definition) is 3. The summed E-state index contributed by atoms with van der Waals surface area (Å²) in [7, 11) is 1.64. The van der Waals surface area contributed by atoms with Gasteiger partial charge in [0.05, 0.1) is 20.3 Å². The van der Waals surface area contributed by atoms with Crippen molar-refractivity contribution in [1.29, 1.82) is 0 Å². The Kier molecular flexibility index (Phi) is 3.29. The van der Waals surface area contributed by atoms with E-state index in [0.29, 0.717) is 13.2 Å². The number of benzene rings is 1. The summed E-state index contributed by atoms with van der Waals surface area (Å²) in [5.41, 5.74) is 1.93. The van der Waals surface area contributed by atoms with Gasteiger partial charge in [0.25, 0.3) is 0 Å². The minimum atomic E-state index is -0.577. The lowest BCUT2D eigenvalue weighted by molar-refractivity contribution is 0.0449. The maximum Gasteiger partial charge on any atom is 0.122 e. The van der Waals surface area contributed by atoms with Crippen LogP contribution in [-0.4, -0.2) is 25.4 Å². The molecular weight excluding hydrogens is 260 g/mol. The van der Waals surface area contributed by atoms with Gasteiger partial charge in [-0.3, -0.25) is 0 Å². The SMILES string of the molecule is COc1ccc(Br)c2c1CCOCC2O. The van der Waals surface area contributed by atoms with Gasteiger partial charge in [0, 0.05) is 15.6 Å². The van der Waals surface area contributed by atoms with Gasteiger partial charge in [-0.05, 0) is 18.6 Å². The molecule has 1 atom stereocenters. The predicted molar refractivity (Wildman–Crippen MR) is 60.2 cm³/mol. The molecule has 0 fully saturated rings. The average Bonchev–Trinajstić information content (AvgIpc) is 2.42. The lowest BCUT2D eigenvalue weighted by atomic mass is 10.0. The van der Waals surface area contributed by atoms with Gasteiger partial charge in [-0.1, -0.05) is 15.9 Å². The fourth-order valence-corrected chi connectivity index (χ4v) is 2.51. The average molecular weight is 273 g/mol. The summed E-state index contributed by atoms with van der Waals surface area (Å²) < 4.78 is 11.5. The zero-order chi connectivity index (χ0) is 10.8. The molecule has 1 unspecified atom stereocenters. The van der Waals surface area contributed by atoms with Crippen molar-refractivity contribution in [3.05, 3.63) is 27.7 Å². The fourth-order valence-electron chi connectivity index (χ4n) is 1.88. The van der Waals surface area contributed by atoms with Gasteiger partial charge in [0.2, 0.25) is 0 Å². The highest BCUT2D eigenvalue weighted by atomic mass is 79.9. The van der Waals surface area contributed by atoms with E-state index in [4.69, 9.17) is 9.47 Å². The minimum absolute atomic E-state index is 0.346. The van der Waals surface area contributed by atoms with Gasteiger partial charge < -0.3 is 14.6 Å². The lowest BCUT2D eigenvalue weighted by Gasteiger charge is -2.15. The molecule has 1 aliphatic heterocycles. The van der Waals surface area contributed by atoms with Crippen molar-refractivity contribution >= 4 is 15.9 Å². The molecule has 1 aromatic carbocycles. The molecule has 1 heterocycles. The topological polar surface area (TPSA) is 38.7 Å². The van der Waals surface area contributed by atoms with Gasteiger partial charge in [-0.15, -0.1) is 0 Å². The third-order valence-electron chi connectivity index (χ3n) is 2.59. The number of rotatable bonds is 1. The first-order valence-corrected chi connectivity index (χ1v) is 5.64. The van der Waals surface area contributed by atoms with Gasteiger partial charge in [0.15, 0.2) is 0 Å². The molecule has 0 bridgehead atoms. The molecule has 2 rings (SSSR count). The molecule has 1 aliphatic rings. The highest BCUT2D eigenvalue weighted by Gasteiger charge is 2.22. The van der Waals surface area contributed by atoms with Crippen LogP contribution in [-0.2, 0) is 11.2 Å².